The van der Waals surface area contributed by atoms with Crippen molar-refractivity contribution >= 4 is 38.3 Å². The molecule has 0 fully saturated rings. The summed E-state index contributed by atoms with van der Waals surface area (Å²) in [5.41, 5.74) is 0.503. The normalized spacial score (nSPS) is 10.6. The van der Waals surface area contributed by atoms with Gasteiger partial charge >= 0.3 is 0 Å². The maximum absolute atomic E-state index is 11.2. The number of halogens is 1. The van der Waals surface area contributed by atoms with Gasteiger partial charge in [0.2, 0.25) is 10.0 Å². The van der Waals surface area contributed by atoms with Crippen LogP contribution < -0.4 is 4.72 Å². The molecule has 1 aromatic rings. The van der Waals surface area contributed by atoms with Gasteiger partial charge in [0, 0.05) is 3.57 Å². The Morgan fingerprint density at radius 3 is 2.64 bits per heavy atom. The first-order valence-corrected chi connectivity index (χ1v) is 6.40. The van der Waals surface area contributed by atoms with Gasteiger partial charge < -0.3 is 0 Å². The average molecular weight is 322 g/mol. The number of nitrogens with one attached hydrogen (secondary N) is 1. The topological polar surface area (TPSA) is 70.0 Å². The fraction of sp³-hybridized carbons (Fsp3) is 0.125. The smallest absolute Gasteiger partial charge is 0.246 e. The van der Waals surface area contributed by atoms with E-state index in [4.69, 9.17) is 5.26 Å². The molecule has 14 heavy (non-hydrogen) atoms. The Bertz CT molecular complexity index is 464. The van der Waals surface area contributed by atoms with Crippen LogP contribution in [0.1, 0.15) is 0 Å². The lowest BCUT2D eigenvalue weighted by molar-refractivity contribution is 0.604. The summed E-state index contributed by atoms with van der Waals surface area (Å²) in [5.74, 6) is -0.530. The van der Waals surface area contributed by atoms with E-state index in [0.717, 1.165) is 3.57 Å². The highest BCUT2D eigenvalue weighted by Crippen LogP contribution is 2.18. The van der Waals surface area contributed by atoms with E-state index >= 15 is 0 Å². The number of sulfonamides is 1. The van der Waals surface area contributed by atoms with Crippen molar-refractivity contribution in [1.29, 1.82) is 5.26 Å². The summed E-state index contributed by atoms with van der Waals surface area (Å²) >= 11 is 2.02. The van der Waals surface area contributed by atoms with Crippen molar-refractivity contribution in [2.75, 3.05) is 10.5 Å². The molecular formula is C8H7IN2O2S. The Morgan fingerprint density at radius 1 is 1.43 bits per heavy atom. The van der Waals surface area contributed by atoms with E-state index in [0.29, 0.717) is 5.69 Å². The minimum Gasteiger partial charge on any atom is -0.282 e. The van der Waals surface area contributed by atoms with Crippen molar-refractivity contribution in [2.45, 2.75) is 0 Å². The van der Waals surface area contributed by atoms with E-state index in [-0.39, 0.29) is 0 Å². The lowest BCUT2D eigenvalue weighted by atomic mass is 10.3. The number of rotatable bonds is 3. The van der Waals surface area contributed by atoms with Gasteiger partial charge in [-0.3, -0.25) is 4.72 Å². The van der Waals surface area contributed by atoms with Crippen LogP contribution in [0.2, 0.25) is 0 Å². The van der Waals surface area contributed by atoms with Crippen molar-refractivity contribution in [3.63, 3.8) is 0 Å². The van der Waals surface area contributed by atoms with Crippen LogP contribution in [-0.2, 0) is 10.0 Å². The van der Waals surface area contributed by atoms with Gasteiger partial charge in [-0.1, -0.05) is 12.1 Å². The third kappa shape index (κ3) is 3.16. The van der Waals surface area contributed by atoms with E-state index in [1.54, 1.807) is 24.3 Å². The molecule has 0 unspecified atom stereocenters. The van der Waals surface area contributed by atoms with Crippen LogP contribution in [0.25, 0.3) is 0 Å². The molecule has 1 rings (SSSR count). The molecule has 0 aromatic heterocycles. The molecule has 1 aromatic carbocycles. The summed E-state index contributed by atoms with van der Waals surface area (Å²) in [4.78, 5) is 0. The van der Waals surface area contributed by atoms with Crippen LogP contribution in [-0.4, -0.2) is 14.2 Å². The maximum Gasteiger partial charge on any atom is 0.246 e. The van der Waals surface area contributed by atoms with Crippen LogP contribution >= 0.6 is 22.6 Å². The fourth-order valence-corrected chi connectivity index (χ4v) is 2.29. The van der Waals surface area contributed by atoms with Gasteiger partial charge in [-0.25, -0.2) is 8.42 Å². The molecule has 1 N–H and O–H groups in total. The minimum atomic E-state index is -3.52. The largest absolute Gasteiger partial charge is 0.282 e. The third-order valence-electron chi connectivity index (χ3n) is 1.39. The Balaban J connectivity index is 2.91. The zero-order chi connectivity index (χ0) is 10.6. The van der Waals surface area contributed by atoms with E-state index in [9.17, 15) is 8.42 Å². The Morgan fingerprint density at radius 2 is 2.07 bits per heavy atom. The molecule has 0 amide bonds. The lowest BCUT2D eigenvalue weighted by Gasteiger charge is -2.06. The average Bonchev–Trinajstić information content (AvgIpc) is 2.08. The quantitative estimate of drug-likeness (QED) is 0.859. The maximum atomic E-state index is 11.2. The summed E-state index contributed by atoms with van der Waals surface area (Å²) in [6, 6.07) is 8.56. The zero-order valence-corrected chi connectivity index (χ0v) is 10.0. The molecule has 0 atom stereocenters. The molecule has 0 heterocycles. The molecule has 0 saturated heterocycles. The van der Waals surface area contributed by atoms with Gasteiger partial charge in [0.15, 0.2) is 5.75 Å². The van der Waals surface area contributed by atoms with Crippen LogP contribution in [0.3, 0.4) is 0 Å². The van der Waals surface area contributed by atoms with Gasteiger partial charge in [0.05, 0.1) is 11.8 Å². The predicted molar refractivity (Wildman–Crippen MR) is 62.2 cm³/mol. The van der Waals surface area contributed by atoms with Gasteiger partial charge in [-0.15, -0.1) is 0 Å². The summed E-state index contributed by atoms with van der Waals surface area (Å²) in [6.45, 7) is 0. The SMILES string of the molecule is N#CCS(=O)(=O)Nc1ccccc1I. The van der Waals surface area contributed by atoms with Crippen molar-refractivity contribution in [3.05, 3.63) is 27.8 Å². The summed E-state index contributed by atoms with van der Waals surface area (Å²) in [6.07, 6.45) is 0. The van der Waals surface area contributed by atoms with Crippen molar-refractivity contribution in [3.8, 4) is 6.07 Å². The fourth-order valence-electron chi connectivity index (χ4n) is 0.833. The third-order valence-corrected chi connectivity index (χ3v) is 3.37. The second-order valence-electron chi connectivity index (χ2n) is 2.50. The first-order valence-electron chi connectivity index (χ1n) is 3.67. The molecule has 6 heteroatoms. The molecule has 0 aliphatic carbocycles. The monoisotopic (exact) mass is 322 g/mol. The Kier molecular flexibility index (Phi) is 3.71. The number of hydrogen-bond donors (Lipinski definition) is 1. The highest BCUT2D eigenvalue weighted by molar-refractivity contribution is 14.1. The first kappa shape index (κ1) is 11.3. The van der Waals surface area contributed by atoms with E-state index < -0.39 is 15.8 Å². The highest BCUT2D eigenvalue weighted by Gasteiger charge is 2.10. The molecule has 0 aliphatic heterocycles. The van der Waals surface area contributed by atoms with Crippen LogP contribution in [0.5, 0.6) is 0 Å². The Hall–Kier alpha value is -0.810. The lowest BCUT2D eigenvalue weighted by Crippen LogP contribution is -2.16. The van der Waals surface area contributed by atoms with Crippen LogP contribution in [0.15, 0.2) is 24.3 Å². The second-order valence-corrected chi connectivity index (χ2v) is 5.38. The summed E-state index contributed by atoms with van der Waals surface area (Å²) in [7, 11) is -3.52. The van der Waals surface area contributed by atoms with Crippen LogP contribution in [0, 0.1) is 14.9 Å². The van der Waals surface area contributed by atoms with E-state index in [2.05, 4.69) is 4.72 Å². The standard InChI is InChI=1S/C8H7IN2O2S/c9-7-3-1-2-4-8(7)11-14(12,13)6-5-10/h1-4,11H,6H2. The van der Waals surface area contributed by atoms with Crippen molar-refractivity contribution in [2.24, 2.45) is 0 Å². The number of anilines is 1. The molecule has 0 spiro atoms. The zero-order valence-electron chi connectivity index (χ0n) is 7.07. The molecule has 0 aliphatic rings. The minimum absolute atomic E-state index is 0.503. The van der Waals surface area contributed by atoms with Gasteiger partial charge in [0.25, 0.3) is 0 Å². The van der Waals surface area contributed by atoms with Crippen molar-refractivity contribution < 1.29 is 8.42 Å². The number of nitriles is 1. The molecule has 74 valence electrons. The molecular weight excluding hydrogens is 315 g/mol. The van der Waals surface area contributed by atoms with Gasteiger partial charge in [-0.05, 0) is 34.7 Å². The molecule has 0 bridgehead atoms. The predicted octanol–water partition coefficient (Wildman–Crippen LogP) is 1.56. The number of para-hydroxylation sites is 1. The van der Waals surface area contributed by atoms with Crippen molar-refractivity contribution in [1.82, 2.24) is 0 Å². The molecule has 4 nitrogen and oxygen atoms in total. The van der Waals surface area contributed by atoms with Crippen LogP contribution in [0.4, 0.5) is 5.69 Å². The van der Waals surface area contributed by atoms with Gasteiger partial charge in [0.1, 0.15) is 0 Å². The molecule has 0 saturated carbocycles. The van der Waals surface area contributed by atoms with E-state index in [1.807, 2.05) is 28.7 Å². The van der Waals surface area contributed by atoms with E-state index in [1.165, 1.54) is 0 Å². The number of benzene rings is 1. The first-order chi connectivity index (χ1) is 6.55. The number of nitrogens with zero attached hydrogens (tertiary/aromatic N) is 1. The Labute approximate surface area is 96.1 Å². The highest BCUT2D eigenvalue weighted by atomic mass is 127. The van der Waals surface area contributed by atoms with Gasteiger partial charge in [-0.2, -0.15) is 5.26 Å². The second kappa shape index (κ2) is 4.61. The summed E-state index contributed by atoms with van der Waals surface area (Å²) in [5, 5.41) is 8.28. The number of hydrogen-bond acceptors (Lipinski definition) is 3. The molecule has 0 radical (unpaired) electrons. The summed E-state index contributed by atoms with van der Waals surface area (Å²) < 4.78 is 25.6.